The average molecular weight is 281 g/mol. The highest BCUT2D eigenvalue weighted by atomic mass is 16.5. The van der Waals surface area contributed by atoms with E-state index in [2.05, 4.69) is 15.4 Å². The number of aromatic amines is 1. The molecule has 0 bridgehead atoms. The van der Waals surface area contributed by atoms with Crippen molar-refractivity contribution in [2.75, 3.05) is 6.61 Å². The Hall–Kier alpha value is -2.82. The van der Waals surface area contributed by atoms with Crippen molar-refractivity contribution < 1.29 is 9.47 Å². The van der Waals surface area contributed by atoms with Crippen molar-refractivity contribution in [3.8, 4) is 28.5 Å². The minimum absolute atomic E-state index is 0.448. The van der Waals surface area contributed by atoms with E-state index in [4.69, 9.17) is 9.47 Å². The molecular formula is C16H15N3O2. The molecule has 1 heterocycles. The molecule has 0 aliphatic rings. The van der Waals surface area contributed by atoms with E-state index in [0.29, 0.717) is 12.5 Å². The third-order valence-electron chi connectivity index (χ3n) is 2.97. The Kier molecular flexibility index (Phi) is 3.82. The highest BCUT2D eigenvalue weighted by molar-refractivity contribution is 5.64. The van der Waals surface area contributed by atoms with Gasteiger partial charge in [-0.2, -0.15) is 10.3 Å². The Morgan fingerprint density at radius 2 is 1.52 bits per heavy atom. The second-order valence-corrected chi connectivity index (χ2v) is 4.39. The molecule has 0 unspecified atom stereocenters. The van der Waals surface area contributed by atoms with Crippen molar-refractivity contribution in [2.45, 2.75) is 6.92 Å². The third-order valence-corrected chi connectivity index (χ3v) is 2.97. The van der Waals surface area contributed by atoms with Crippen LogP contribution in [-0.2, 0) is 0 Å². The Morgan fingerprint density at radius 1 is 0.905 bits per heavy atom. The summed E-state index contributed by atoms with van der Waals surface area (Å²) < 4.78 is 11.0. The molecule has 0 radical (unpaired) electrons. The molecule has 0 saturated heterocycles. The normalized spacial score (nSPS) is 10.3. The van der Waals surface area contributed by atoms with Gasteiger partial charge >= 0.3 is 0 Å². The van der Waals surface area contributed by atoms with Crippen LogP contribution in [0.3, 0.4) is 0 Å². The predicted octanol–water partition coefficient (Wildman–Crippen LogP) is 3.66. The van der Waals surface area contributed by atoms with Gasteiger partial charge in [0.05, 0.1) is 6.61 Å². The van der Waals surface area contributed by atoms with Crippen LogP contribution in [0.5, 0.6) is 17.4 Å². The maximum Gasteiger partial charge on any atom is 0.258 e. The summed E-state index contributed by atoms with van der Waals surface area (Å²) >= 11 is 0. The molecule has 0 saturated carbocycles. The molecule has 0 spiro atoms. The maximum absolute atomic E-state index is 5.54. The molecule has 5 heteroatoms. The van der Waals surface area contributed by atoms with Gasteiger partial charge in [0, 0.05) is 0 Å². The number of H-pyrrole nitrogens is 1. The number of nitrogens with zero attached hydrogens (tertiary/aromatic N) is 2. The van der Waals surface area contributed by atoms with Crippen LogP contribution in [0.2, 0.25) is 0 Å². The first kappa shape index (κ1) is 13.2. The van der Waals surface area contributed by atoms with Crippen molar-refractivity contribution in [3.63, 3.8) is 0 Å². The fraction of sp³-hybridized carbons (Fsp3) is 0.125. The van der Waals surface area contributed by atoms with Crippen molar-refractivity contribution in [1.82, 2.24) is 15.4 Å². The lowest BCUT2D eigenvalue weighted by atomic mass is 10.1. The smallest absolute Gasteiger partial charge is 0.258 e. The van der Waals surface area contributed by atoms with Crippen LogP contribution in [0, 0.1) is 0 Å². The number of rotatable bonds is 5. The number of benzene rings is 2. The first-order valence-corrected chi connectivity index (χ1v) is 6.72. The zero-order valence-electron chi connectivity index (χ0n) is 11.6. The van der Waals surface area contributed by atoms with E-state index in [-0.39, 0.29) is 0 Å². The molecule has 1 N–H and O–H groups in total. The number of hydrogen-bond donors (Lipinski definition) is 1. The van der Waals surface area contributed by atoms with E-state index in [1.165, 1.54) is 6.20 Å². The van der Waals surface area contributed by atoms with Gasteiger partial charge in [-0.15, -0.1) is 5.10 Å². The number of ether oxygens (including phenoxy) is 2. The first-order valence-electron chi connectivity index (χ1n) is 6.72. The summed E-state index contributed by atoms with van der Waals surface area (Å²) in [7, 11) is 0. The summed E-state index contributed by atoms with van der Waals surface area (Å²) in [5.74, 6) is 2.05. The van der Waals surface area contributed by atoms with Crippen molar-refractivity contribution >= 4 is 0 Å². The first-order chi connectivity index (χ1) is 10.3. The third kappa shape index (κ3) is 3.20. The largest absolute Gasteiger partial charge is 0.494 e. The summed E-state index contributed by atoms with van der Waals surface area (Å²) in [6.45, 7) is 2.65. The minimum atomic E-state index is 0.448. The van der Waals surface area contributed by atoms with Gasteiger partial charge in [-0.3, -0.25) is 0 Å². The monoisotopic (exact) mass is 281 g/mol. The molecule has 0 atom stereocenters. The van der Waals surface area contributed by atoms with Gasteiger partial charge in [-0.1, -0.05) is 24.3 Å². The Balaban J connectivity index is 1.74. The number of aromatic nitrogens is 3. The van der Waals surface area contributed by atoms with Gasteiger partial charge in [0.15, 0.2) is 0 Å². The lowest BCUT2D eigenvalue weighted by Gasteiger charge is -2.06. The molecule has 3 aromatic rings. The Morgan fingerprint density at radius 3 is 2.05 bits per heavy atom. The minimum Gasteiger partial charge on any atom is -0.494 e. The summed E-state index contributed by atoms with van der Waals surface area (Å²) in [6.07, 6.45) is 1.53. The molecule has 3 rings (SSSR count). The zero-order valence-corrected chi connectivity index (χ0v) is 11.6. The molecule has 0 fully saturated rings. The van der Waals surface area contributed by atoms with Crippen LogP contribution in [0.4, 0.5) is 0 Å². The van der Waals surface area contributed by atoms with Crippen LogP contribution in [0.25, 0.3) is 11.1 Å². The summed E-state index contributed by atoms with van der Waals surface area (Å²) in [6, 6.07) is 15.8. The van der Waals surface area contributed by atoms with Gasteiger partial charge in [-0.05, 0) is 42.3 Å². The SMILES string of the molecule is CCOc1ccc(-c2ccc(Oc3cn[nH]n3)cc2)cc1. The van der Waals surface area contributed by atoms with Crippen molar-refractivity contribution in [3.05, 3.63) is 54.7 Å². The summed E-state index contributed by atoms with van der Waals surface area (Å²) in [4.78, 5) is 0. The second kappa shape index (κ2) is 6.09. The van der Waals surface area contributed by atoms with Gasteiger partial charge < -0.3 is 9.47 Å². The summed E-state index contributed by atoms with van der Waals surface area (Å²) in [5, 5.41) is 10.0. The van der Waals surface area contributed by atoms with Crippen LogP contribution in [0.1, 0.15) is 6.92 Å². The molecule has 0 aliphatic heterocycles. The molecule has 1 aromatic heterocycles. The molecule has 5 nitrogen and oxygen atoms in total. The highest BCUT2D eigenvalue weighted by Crippen LogP contribution is 2.26. The quantitative estimate of drug-likeness (QED) is 0.775. The van der Waals surface area contributed by atoms with Crippen LogP contribution < -0.4 is 9.47 Å². The molecule has 2 aromatic carbocycles. The second-order valence-electron chi connectivity index (χ2n) is 4.39. The van der Waals surface area contributed by atoms with Gasteiger partial charge in [0.2, 0.25) is 0 Å². The van der Waals surface area contributed by atoms with Gasteiger partial charge in [0.1, 0.15) is 17.7 Å². The Bertz CT molecular complexity index is 677. The van der Waals surface area contributed by atoms with Crippen molar-refractivity contribution in [1.29, 1.82) is 0 Å². The standard InChI is InChI=1S/C16H15N3O2/c1-2-20-14-7-3-12(4-8-14)13-5-9-15(10-6-13)21-16-11-17-19-18-16/h3-11H,2H2,1H3,(H,17,18,19). The van der Waals surface area contributed by atoms with Crippen molar-refractivity contribution in [2.24, 2.45) is 0 Å². The topological polar surface area (TPSA) is 60.0 Å². The predicted molar refractivity (Wildman–Crippen MR) is 79.5 cm³/mol. The number of hydrogen-bond acceptors (Lipinski definition) is 4. The zero-order chi connectivity index (χ0) is 14.5. The van der Waals surface area contributed by atoms with Crippen LogP contribution in [0.15, 0.2) is 54.7 Å². The molecular weight excluding hydrogens is 266 g/mol. The molecule has 106 valence electrons. The van der Waals surface area contributed by atoms with E-state index in [9.17, 15) is 0 Å². The van der Waals surface area contributed by atoms with Gasteiger partial charge in [-0.25, -0.2) is 0 Å². The lowest BCUT2D eigenvalue weighted by Crippen LogP contribution is -1.90. The fourth-order valence-electron chi connectivity index (χ4n) is 1.99. The van der Waals surface area contributed by atoms with Crippen LogP contribution in [-0.4, -0.2) is 22.0 Å². The van der Waals surface area contributed by atoms with E-state index in [1.54, 1.807) is 0 Å². The molecule has 0 amide bonds. The van der Waals surface area contributed by atoms with E-state index >= 15 is 0 Å². The highest BCUT2D eigenvalue weighted by Gasteiger charge is 2.02. The molecule has 21 heavy (non-hydrogen) atoms. The maximum atomic E-state index is 5.54. The molecule has 0 aliphatic carbocycles. The average Bonchev–Trinajstić information content (AvgIpc) is 3.02. The van der Waals surface area contributed by atoms with Gasteiger partial charge in [0.25, 0.3) is 5.88 Å². The Labute approximate surface area is 122 Å². The summed E-state index contributed by atoms with van der Waals surface area (Å²) in [5.41, 5.74) is 2.25. The lowest BCUT2D eigenvalue weighted by molar-refractivity contribution is 0.340. The number of nitrogens with one attached hydrogen (secondary N) is 1. The van der Waals surface area contributed by atoms with E-state index in [0.717, 1.165) is 22.6 Å². The fourth-order valence-corrected chi connectivity index (χ4v) is 1.99. The van der Waals surface area contributed by atoms with Crippen LogP contribution >= 0.6 is 0 Å². The van der Waals surface area contributed by atoms with E-state index in [1.807, 2.05) is 55.5 Å². The van der Waals surface area contributed by atoms with E-state index < -0.39 is 0 Å².